The van der Waals surface area contributed by atoms with Crippen LogP contribution in [0.1, 0.15) is 29.4 Å². The molecule has 106 valence electrons. The van der Waals surface area contributed by atoms with Crippen LogP contribution in [0.25, 0.3) is 0 Å². The van der Waals surface area contributed by atoms with E-state index in [9.17, 15) is 9.90 Å². The van der Waals surface area contributed by atoms with Gasteiger partial charge in [-0.2, -0.15) is 0 Å². The van der Waals surface area contributed by atoms with Crippen molar-refractivity contribution in [2.45, 2.75) is 25.8 Å². The Morgan fingerprint density at radius 1 is 1.53 bits per heavy atom. The van der Waals surface area contributed by atoms with Crippen LogP contribution in [0.2, 0.25) is 0 Å². The van der Waals surface area contributed by atoms with Crippen molar-refractivity contribution in [3.8, 4) is 0 Å². The van der Waals surface area contributed by atoms with Crippen LogP contribution in [0.3, 0.4) is 0 Å². The summed E-state index contributed by atoms with van der Waals surface area (Å²) in [6.07, 6.45) is 1.27. The van der Waals surface area contributed by atoms with Crippen molar-refractivity contribution in [2.24, 2.45) is 0 Å². The first-order valence-electron chi connectivity index (χ1n) is 6.21. The number of aromatic carboxylic acids is 1. The van der Waals surface area contributed by atoms with Gasteiger partial charge in [-0.15, -0.1) is 0 Å². The van der Waals surface area contributed by atoms with Gasteiger partial charge in [0.15, 0.2) is 0 Å². The molecule has 0 radical (unpaired) electrons. The van der Waals surface area contributed by atoms with Crippen LogP contribution in [0.15, 0.2) is 12.1 Å². The average molecular weight is 268 g/mol. The lowest BCUT2D eigenvalue weighted by Gasteiger charge is -2.17. The number of pyridine rings is 1. The zero-order chi connectivity index (χ0) is 14.3. The average Bonchev–Trinajstić information content (AvgIpc) is 2.42. The molecule has 0 bridgehead atoms. The first kappa shape index (κ1) is 15.4. The van der Waals surface area contributed by atoms with E-state index in [1.165, 1.54) is 6.07 Å². The fraction of sp³-hybridized carbons (Fsp3) is 0.538. The van der Waals surface area contributed by atoms with Crippen molar-refractivity contribution < 1.29 is 19.7 Å². The Balaban J connectivity index is 2.86. The van der Waals surface area contributed by atoms with Crippen LogP contribution < -0.4 is 5.32 Å². The van der Waals surface area contributed by atoms with Crippen molar-refractivity contribution in [3.63, 3.8) is 0 Å². The zero-order valence-corrected chi connectivity index (χ0v) is 11.2. The fourth-order valence-corrected chi connectivity index (χ4v) is 1.64. The monoisotopic (exact) mass is 268 g/mol. The van der Waals surface area contributed by atoms with Gasteiger partial charge in [-0.05, 0) is 25.0 Å². The minimum absolute atomic E-state index is 0.0657. The number of rotatable bonds is 8. The van der Waals surface area contributed by atoms with Crippen LogP contribution in [0, 0.1) is 0 Å². The molecule has 3 N–H and O–H groups in total. The minimum Gasteiger partial charge on any atom is -0.478 e. The number of carbonyl (C=O) groups is 1. The smallest absolute Gasteiger partial charge is 0.335 e. The van der Waals surface area contributed by atoms with E-state index < -0.39 is 5.97 Å². The van der Waals surface area contributed by atoms with Gasteiger partial charge < -0.3 is 20.3 Å². The quantitative estimate of drug-likeness (QED) is 0.655. The van der Waals surface area contributed by atoms with Gasteiger partial charge in [0.2, 0.25) is 0 Å². The van der Waals surface area contributed by atoms with E-state index in [1.807, 2.05) is 6.92 Å². The Morgan fingerprint density at radius 3 is 2.79 bits per heavy atom. The number of anilines is 1. The standard InChI is InChI=1S/C13H20N2O4/c1-3-10-6-9(13(17)18)7-12(14-10)15-11(8-16)4-5-19-2/h6-7,11,16H,3-5,8H2,1-2H3,(H,14,15)(H,17,18). The summed E-state index contributed by atoms with van der Waals surface area (Å²) in [4.78, 5) is 15.3. The van der Waals surface area contributed by atoms with E-state index in [4.69, 9.17) is 9.84 Å². The molecule has 0 spiro atoms. The van der Waals surface area contributed by atoms with Gasteiger partial charge in [-0.25, -0.2) is 9.78 Å². The lowest BCUT2D eigenvalue weighted by molar-refractivity contribution is 0.0696. The number of nitrogens with zero attached hydrogens (tertiary/aromatic N) is 1. The van der Waals surface area contributed by atoms with Crippen LogP contribution in [0.4, 0.5) is 5.82 Å². The molecule has 6 nitrogen and oxygen atoms in total. The normalized spacial score (nSPS) is 12.2. The van der Waals surface area contributed by atoms with E-state index in [1.54, 1.807) is 13.2 Å². The van der Waals surface area contributed by atoms with Gasteiger partial charge in [0.25, 0.3) is 0 Å². The predicted octanol–water partition coefficient (Wildman–Crippen LogP) is 1.15. The summed E-state index contributed by atoms with van der Waals surface area (Å²) in [6.45, 7) is 2.35. The molecule has 0 aliphatic heterocycles. The summed E-state index contributed by atoms with van der Waals surface area (Å²) in [6, 6.07) is 2.81. The Labute approximate surface area is 112 Å². The maximum atomic E-state index is 11.0. The van der Waals surface area contributed by atoms with Gasteiger partial charge in [-0.1, -0.05) is 6.92 Å². The largest absolute Gasteiger partial charge is 0.478 e. The third-order valence-corrected chi connectivity index (χ3v) is 2.73. The number of aliphatic hydroxyl groups is 1. The highest BCUT2D eigenvalue weighted by atomic mass is 16.5. The molecule has 1 unspecified atom stereocenters. The molecule has 0 aliphatic rings. The van der Waals surface area contributed by atoms with E-state index in [2.05, 4.69) is 10.3 Å². The second-order valence-corrected chi connectivity index (χ2v) is 4.20. The van der Waals surface area contributed by atoms with Gasteiger partial charge in [0, 0.05) is 19.4 Å². The number of hydrogen-bond acceptors (Lipinski definition) is 5. The van der Waals surface area contributed by atoms with E-state index in [-0.39, 0.29) is 18.2 Å². The van der Waals surface area contributed by atoms with Crippen molar-refractivity contribution in [3.05, 3.63) is 23.4 Å². The summed E-state index contributed by atoms with van der Waals surface area (Å²) in [5.74, 6) is -0.524. The third-order valence-electron chi connectivity index (χ3n) is 2.73. The Bertz CT molecular complexity index is 423. The summed E-state index contributed by atoms with van der Waals surface area (Å²) >= 11 is 0. The topological polar surface area (TPSA) is 91.7 Å². The molecule has 1 atom stereocenters. The second kappa shape index (κ2) is 7.70. The molecule has 0 aromatic carbocycles. The van der Waals surface area contributed by atoms with Crippen molar-refractivity contribution in [1.82, 2.24) is 4.98 Å². The highest BCUT2D eigenvalue weighted by molar-refractivity contribution is 5.88. The number of hydrogen-bond donors (Lipinski definition) is 3. The molecular weight excluding hydrogens is 248 g/mol. The first-order valence-corrected chi connectivity index (χ1v) is 6.21. The van der Waals surface area contributed by atoms with E-state index in [0.29, 0.717) is 31.0 Å². The Hall–Kier alpha value is -1.66. The van der Waals surface area contributed by atoms with Gasteiger partial charge in [-0.3, -0.25) is 0 Å². The Kier molecular flexibility index (Phi) is 6.24. The van der Waals surface area contributed by atoms with Crippen molar-refractivity contribution in [1.29, 1.82) is 0 Å². The van der Waals surface area contributed by atoms with E-state index >= 15 is 0 Å². The number of carboxylic acid groups (broad SMARTS) is 1. The molecule has 0 fully saturated rings. The molecule has 1 rings (SSSR count). The molecule has 0 amide bonds. The summed E-state index contributed by atoms with van der Waals surface area (Å²) in [5, 5.41) is 21.3. The number of ether oxygens (including phenoxy) is 1. The molecular formula is C13H20N2O4. The molecule has 6 heteroatoms. The predicted molar refractivity (Wildman–Crippen MR) is 71.6 cm³/mol. The number of nitrogens with one attached hydrogen (secondary N) is 1. The van der Waals surface area contributed by atoms with Crippen LogP contribution in [-0.2, 0) is 11.2 Å². The molecule has 19 heavy (non-hydrogen) atoms. The molecule has 1 heterocycles. The van der Waals surface area contributed by atoms with Crippen molar-refractivity contribution >= 4 is 11.8 Å². The SMILES string of the molecule is CCc1cc(C(=O)O)cc(NC(CO)CCOC)n1. The van der Waals surface area contributed by atoms with Crippen molar-refractivity contribution in [2.75, 3.05) is 25.6 Å². The molecule has 1 aromatic heterocycles. The Morgan fingerprint density at radius 2 is 2.26 bits per heavy atom. The molecule has 0 saturated heterocycles. The fourth-order valence-electron chi connectivity index (χ4n) is 1.64. The summed E-state index contributed by atoms with van der Waals surface area (Å²) < 4.78 is 4.95. The minimum atomic E-state index is -0.988. The van der Waals surface area contributed by atoms with Gasteiger partial charge in [0.1, 0.15) is 5.82 Å². The first-order chi connectivity index (χ1) is 9.10. The van der Waals surface area contributed by atoms with E-state index in [0.717, 1.165) is 0 Å². The van der Waals surface area contributed by atoms with Crippen LogP contribution >= 0.6 is 0 Å². The lowest BCUT2D eigenvalue weighted by atomic mass is 10.1. The molecule has 1 aromatic rings. The number of aliphatic hydroxyl groups excluding tert-OH is 1. The highest BCUT2D eigenvalue weighted by Crippen LogP contribution is 2.13. The van der Waals surface area contributed by atoms with Gasteiger partial charge >= 0.3 is 5.97 Å². The number of methoxy groups -OCH3 is 1. The molecule has 0 saturated carbocycles. The van der Waals surface area contributed by atoms with Crippen LogP contribution in [0.5, 0.6) is 0 Å². The van der Waals surface area contributed by atoms with Crippen LogP contribution in [-0.4, -0.2) is 47.5 Å². The molecule has 0 aliphatic carbocycles. The number of aryl methyl sites for hydroxylation is 1. The number of aromatic nitrogens is 1. The highest BCUT2D eigenvalue weighted by Gasteiger charge is 2.11. The number of carboxylic acids is 1. The maximum absolute atomic E-state index is 11.0. The summed E-state index contributed by atoms with van der Waals surface area (Å²) in [5.41, 5.74) is 0.892. The maximum Gasteiger partial charge on any atom is 0.335 e. The van der Waals surface area contributed by atoms with Gasteiger partial charge in [0.05, 0.1) is 18.2 Å². The second-order valence-electron chi connectivity index (χ2n) is 4.20. The third kappa shape index (κ3) is 4.84. The zero-order valence-electron chi connectivity index (χ0n) is 11.2. The lowest BCUT2D eigenvalue weighted by Crippen LogP contribution is -2.26. The summed E-state index contributed by atoms with van der Waals surface area (Å²) in [7, 11) is 1.59.